The number of hydrogen-bond donors (Lipinski definition) is 8. The number of carbonyl (C=O) groups is 9. The van der Waals surface area contributed by atoms with Crippen molar-refractivity contribution in [3.63, 3.8) is 0 Å². The highest BCUT2D eigenvalue weighted by atomic mass is 19.1. The van der Waals surface area contributed by atoms with Gasteiger partial charge in [0.05, 0.1) is 178 Å². The first kappa shape index (κ1) is 98.7. The fraction of sp³-hybridized carbons (Fsp3) is 0.805. The van der Waals surface area contributed by atoms with Crippen molar-refractivity contribution in [2.24, 2.45) is 46.3 Å². The highest BCUT2D eigenvalue weighted by Gasteiger charge is 2.80. The van der Waals surface area contributed by atoms with Crippen molar-refractivity contribution in [1.29, 1.82) is 0 Å². The third kappa shape index (κ3) is 27.5. The molecule has 7 aliphatic carbocycles. The first-order valence-electron chi connectivity index (χ1n) is 44.4. The number of alkyl halides is 2. The number of aromatic nitrogens is 3. The minimum Gasteiger partial charge on any atom is -0.449 e. The van der Waals surface area contributed by atoms with Crippen LogP contribution < -0.4 is 37.2 Å². The Bertz CT molecular complexity index is 3690. The summed E-state index contributed by atoms with van der Waals surface area (Å²) in [5.41, 5.74) is -5.63. The minimum absolute atomic E-state index is 0.0160. The second kappa shape index (κ2) is 48.6. The van der Waals surface area contributed by atoms with Gasteiger partial charge in [0.2, 0.25) is 35.4 Å². The van der Waals surface area contributed by atoms with Gasteiger partial charge >= 0.3 is 6.09 Å². The molecule has 3 unspecified atom stereocenters. The van der Waals surface area contributed by atoms with E-state index < -0.39 is 137 Å². The summed E-state index contributed by atoms with van der Waals surface area (Å²) in [6, 6.07) is -3.69. The number of likely N-dealkylation sites (N-methyl/N-ethyl adjacent to an activating group) is 1. The molecule has 17 atom stereocenters. The van der Waals surface area contributed by atoms with Gasteiger partial charge in [0.15, 0.2) is 29.1 Å². The molecule has 8 N–H and O–H groups in total. The second-order valence-corrected chi connectivity index (χ2v) is 35.1. The summed E-state index contributed by atoms with van der Waals surface area (Å²) >= 11 is 0. The van der Waals surface area contributed by atoms with E-state index in [1.54, 1.807) is 20.8 Å². The van der Waals surface area contributed by atoms with E-state index in [9.17, 15) is 43.5 Å². The van der Waals surface area contributed by atoms with Crippen molar-refractivity contribution in [3.05, 3.63) is 35.2 Å². The Morgan fingerprint density at radius 1 is 0.697 bits per heavy atom. The summed E-state index contributed by atoms with van der Waals surface area (Å²) in [6.07, 6.45) is 7.04. The van der Waals surface area contributed by atoms with Crippen molar-refractivity contribution in [2.75, 3.05) is 173 Å². The van der Waals surface area contributed by atoms with Gasteiger partial charge in [-0.1, -0.05) is 58.2 Å². The number of nitrogens with one attached hydrogen (secondary N) is 7. The van der Waals surface area contributed by atoms with Gasteiger partial charge in [0.25, 0.3) is 0 Å². The lowest BCUT2D eigenvalue weighted by atomic mass is 9.44. The maximum atomic E-state index is 18.2. The number of amides is 7. The smallest absolute Gasteiger partial charge is 0.407 e. The van der Waals surface area contributed by atoms with Crippen LogP contribution in [0.25, 0.3) is 0 Å². The van der Waals surface area contributed by atoms with Gasteiger partial charge < -0.3 is 104 Å². The molecule has 0 aromatic carbocycles. The molecule has 1 aromatic heterocycles. The number of ketones is 2. The molecule has 0 bridgehead atoms. The lowest BCUT2D eigenvalue weighted by Crippen LogP contribution is -2.71. The van der Waals surface area contributed by atoms with Gasteiger partial charge in [0.1, 0.15) is 42.7 Å². The van der Waals surface area contributed by atoms with Gasteiger partial charge in [-0.05, 0) is 138 Å². The summed E-state index contributed by atoms with van der Waals surface area (Å²) < 4.78 is 107. The maximum absolute atomic E-state index is 18.2. The zero-order valence-corrected chi connectivity index (χ0v) is 73.3. The molecule has 0 spiro atoms. The summed E-state index contributed by atoms with van der Waals surface area (Å²) in [5, 5.41) is 40.5. The van der Waals surface area contributed by atoms with Crippen LogP contribution >= 0.6 is 0 Å². The number of ether oxygens (including phenoxy) is 12. The average molecular weight is 1730 g/mol. The van der Waals surface area contributed by atoms with Crippen molar-refractivity contribution < 1.29 is 118 Å². The quantitative estimate of drug-likeness (QED) is 0.0250. The summed E-state index contributed by atoms with van der Waals surface area (Å²) in [7, 11) is 6.22. The van der Waals surface area contributed by atoms with Gasteiger partial charge in [-0.25, -0.2) is 18.3 Å². The van der Waals surface area contributed by atoms with Gasteiger partial charge in [0, 0.05) is 55.5 Å². The van der Waals surface area contributed by atoms with Crippen LogP contribution in [0.5, 0.6) is 0 Å². The van der Waals surface area contributed by atoms with Crippen LogP contribution in [0.15, 0.2) is 23.8 Å². The van der Waals surface area contributed by atoms with E-state index in [1.807, 2.05) is 11.6 Å². The lowest BCUT2D eigenvalue weighted by Gasteiger charge is -2.63. The predicted octanol–water partition coefficient (Wildman–Crippen LogP) is 4.66. The number of halogens is 2. The zero-order valence-electron chi connectivity index (χ0n) is 73.3. The molecule has 7 amide bonds. The Hall–Kier alpha value is -7.05. The SMILES string of the molecule is CCCC1O[C@@H]2C[C@H]3[C@@H]4C[C@H](F)C5=CC(=O)C=C[C@]5(C)[C@@]4(F)[C@@H](O)C[C@]3(C)[C@]2(C(=O)CNC(=O)[C@H](C)NC(=O)[C@@H](NC(=O)[C@@H](CCCCNC(=O)COC2CCCCCc3c2nnn3CCOCCOCCOCCOCCC(=O)NCC[N+](C)(C)C)NC(=O)CCOCCOCCOCCOCCNC(=O)OCC2[C@H]3CCC#CCC[C@@H]23)C(C)C)O1. The normalized spacial score (nSPS) is 27.6. The number of nitrogens with zero attached hydrogens (tertiary/aromatic N) is 4. The van der Waals surface area contributed by atoms with Crippen LogP contribution in [0.1, 0.15) is 175 Å². The second-order valence-electron chi connectivity index (χ2n) is 35.1. The highest BCUT2D eigenvalue weighted by Crippen LogP contribution is 2.72. The van der Waals surface area contributed by atoms with Gasteiger partial charge in [-0.2, -0.15) is 0 Å². The van der Waals surface area contributed by atoms with Crippen molar-refractivity contribution in [1.82, 2.24) is 52.2 Å². The molecule has 35 heteroatoms. The summed E-state index contributed by atoms with van der Waals surface area (Å²) in [6.45, 7) is 16.8. The van der Waals surface area contributed by atoms with Gasteiger partial charge in [-0.15, -0.1) is 16.9 Å². The molecule has 686 valence electrons. The van der Waals surface area contributed by atoms with Crippen molar-refractivity contribution in [3.8, 4) is 11.8 Å². The monoisotopic (exact) mass is 1730 g/mol. The fourth-order valence-corrected chi connectivity index (χ4v) is 18.4. The molecular formula is C87H138F2N11O22+. The van der Waals surface area contributed by atoms with E-state index >= 15 is 13.6 Å². The average Bonchev–Trinajstić information content (AvgIpc) is 1.44. The molecule has 1 aliphatic heterocycles. The van der Waals surface area contributed by atoms with Crippen molar-refractivity contribution >= 4 is 53.1 Å². The maximum Gasteiger partial charge on any atom is 0.407 e. The van der Waals surface area contributed by atoms with Crippen LogP contribution in [0.2, 0.25) is 0 Å². The van der Waals surface area contributed by atoms with Crippen LogP contribution in [0, 0.1) is 58.2 Å². The van der Waals surface area contributed by atoms with Crippen molar-refractivity contribution in [2.45, 2.75) is 230 Å². The number of quaternary nitrogens is 1. The number of unbranched alkanes of at least 4 members (excludes halogenated alkanes) is 1. The topological polar surface area (TPSA) is 400 Å². The third-order valence-corrected chi connectivity index (χ3v) is 25.1. The van der Waals surface area contributed by atoms with E-state index in [2.05, 4.69) is 80.5 Å². The minimum atomic E-state index is -2.43. The number of aliphatic hydroxyl groups excluding tert-OH is 1. The van der Waals surface area contributed by atoms with Crippen LogP contribution in [0.3, 0.4) is 0 Å². The molecule has 0 radical (unpaired) electrons. The van der Waals surface area contributed by atoms with E-state index in [0.717, 1.165) is 74.2 Å². The Morgan fingerprint density at radius 2 is 1.32 bits per heavy atom. The molecular weight excluding hydrogens is 1590 g/mol. The molecule has 4 saturated carbocycles. The molecule has 8 aliphatic rings. The molecule has 5 fully saturated rings. The summed E-state index contributed by atoms with van der Waals surface area (Å²) in [4.78, 5) is 122. The Labute approximate surface area is 717 Å². The highest BCUT2D eigenvalue weighted by molar-refractivity contribution is 6.01. The fourth-order valence-electron chi connectivity index (χ4n) is 18.4. The Balaban J connectivity index is 0.703. The van der Waals surface area contributed by atoms with E-state index in [0.29, 0.717) is 167 Å². The number of carbonyl (C=O) groups excluding carboxylic acids is 9. The number of alkyl carbamates (subject to hydrolysis) is 1. The molecule has 1 saturated heterocycles. The largest absolute Gasteiger partial charge is 0.449 e. The van der Waals surface area contributed by atoms with Crippen LogP contribution in [0.4, 0.5) is 13.6 Å². The zero-order chi connectivity index (χ0) is 87.9. The standard InChI is InChI=1S/C87H137F2N11O22/c1-10-20-77-121-73-53-64-65-52-67(88)66-51-60(101)26-29-84(66,5)86(65,89)71(102)54-85(64,6)87(73,122-77)72(103)55-93-80(107)59(4)94-82(109)78(58(2)3)96-81(108)68(95-75(105)28-36-112-40-44-116-47-49-117-45-41-113-37-32-92-83(110)120-56-63-61-21-14-11-12-15-22-62(61)63)23-18-19-30-90-76(106)57-119-70-25-17-13-16-24-69-79(70)97-98-99(69)33-38-114-42-46-118-50-48-115-43-39-111-35-27-74(104)91-31-34-100(7,8)9/h26,29,51,58-59,61-65,67-68,70-71,73,77-78,102H,10,13-25,27-28,30-50,52-57H2,1-9H3,(H6-,90,91,92,93,94,95,96,104,105,106,107,108,109,110)/p+1/t59-,61-,62+,63?,64-,65-,67-,68+,70?,71-,73+,77?,78-,84-,85-,86-,87+/m0/s1. The van der Waals surface area contributed by atoms with E-state index in [1.165, 1.54) is 26.0 Å². The van der Waals surface area contributed by atoms with Crippen LogP contribution in [-0.4, -0.2) is 305 Å². The number of aliphatic hydroxyl groups is 1. The Morgan fingerprint density at radius 3 is 1.96 bits per heavy atom. The molecule has 33 nitrogen and oxygen atoms in total. The number of rotatable bonds is 55. The van der Waals surface area contributed by atoms with Crippen LogP contribution in [-0.2, 0) is 108 Å². The third-order valence-electron chi connectivity index (χ3n) is 25.1. The number of allylic oxidation sites excluding steroid dienone is 4. The summed E-state index contributed by atoms with van der Waals surface area (Å²) in [5.74, 6) is 1.37. The molecule has 122 heavy (non-hydrogen) atoms. The van der Waals surface area contributed by atoms with E-state index in [-0.39, 0.29) is 89.1 Å². The first-order chi connectivity index (χ1) is 58.5. The number of Topliss-reactive ketones (excluding diaryl/α,β-unsaturated/α-hetero) is 1. The molecule has 1 aromatic rings. The predicted molar refractivity (Wildman–Crippen MR) is 441 cm³/mol. The lowest BCUT2D eigenvalue weighted by molar-refractivity contribution is -0.869. The first-order valence-corrected chi connectivity index (χ1v) is 44.4. The molecule has 9 rings (SSSR count). The number of fused-ring (bicyclic) bond motifs is 9. The number of hydrogen-bond acceptors (Lipinski definition) is 24. The molecule has 2 heterocycles. The Kier molecular flexibility index (Phi) is 39.3. The van der Waals surface area contributed by atoms with E-state index in [4.69, 9.17) is 56.8 Å². The van der Waals surface area contributed by atoms with Gasteiger partial charge in [-0.3, -0.25) is 38.4 Å².